The van der Waals surface area contributed by atoms with E-state index in [1.54, 1.807) is 23.5 Å². The molecule has 0 spiro atoms. The van der Waals surface area contributed by atoms with Crippen LogP contribution in [0.2, 0.25) is 0 Å². The maximum Gasteiger partial charge on any atom is 0.320 e. The standard InChI is InChI=1S/2C5H11NO2S/c2*1-9-3-2-4(6)5(7)8/h2*4H,2-3,6H2,1H3,(H,7,8)/t2*4-/m11/s1. The summed E-state index contributed by atoms with van der Waals surface area (Å²) < 4.78 is 0. The highest BCUT2D eigenvalue weighted by Crippen LogP contribution is 1.98. The maximum atomic E-state index is 10.1. The van der Waals surface area contributed by atoms with Gasteiger partial charge in [0.2, 0.25) is 0 Å². The molecule has 0 aromatic heterocycles. The van der Waals surface area contributed by atoms with Crippen LogP contribution in [0.25, 0.3) is 0 Å². The lowest BCUT2D eigenvalue weighted by Gasteiger charge is -2.02. The summed E-state index contributed by atoms with van der Waals surface area (Å²) in [6.45, 7) is 0. The van der Waals surface area contributed by atoms with Crippen LogP contribution in [0, 0.1) is 0 Å². The van der Waals surface area contributed by atoms with Crippen molar-refractivity contribution < 1.29 is 19.8 Å². The third-order valence-electron chi connectivity index (χ3n) is 1.90. The van der Waals surface area contributed by atoms with E-state index in [-0.39, 0.29) is 0 Å². The Labute approximate surface area is 116 Å². The third-order valence-corrected chi connectivity index (χ3v) is 3.19. The fourth-order valence-electron chi connectivity index (χ4n) is 0.737. The number of aliphatic carboxylic acids is 2. The molecule has 0 aromatic carbocycles. The average Bonchev–Trinajstić information content (AvgIpc) is 2.33. The molecule has 0 rings (SSSR count). The van der Waals surface area contributed by atoms with Gasteiger partial charge in [0.1, 0.15) is 12.1 Å². The second-order valence-electron chi connectivity index (χ2n) is 3.45. The molecule has 108 valence electrons. The van der Waals surface area contributed by atoms with E-state index in [0.717, 1.165) is 11.5 Å². The zero-order chi connectivity index (χ0) is 14.6. The number of carbonyl (C=O) groups is 2. The summed E-state index contributed by atoms with van der Waals surface area (Å²) in [5.74, 6) is -0.200. The molecule has 0 aliphatic rings. The van der Waals surface area contributed by atoms with Crippen LogP contribution in [0.5, 0.6) is 0 Å². The summed E-state index contributed by atoms with van der Waals surface area (Å²) in [7, 11) is 0. The summed E-state index contributed by atoms with van der Waals surface area (Å²) >= 11 is 3.21. The molecule has 0 bridgehead atoms. The van der Waals surface area contributed by atoms with Crippen LogP contribution < -0.4 is 11.5 Å². The number of thioether (sulfide) groups is 2. The van der Waals surface area contributed by atoms with E-state index in [1.807, 2.05) is 12.5 Å². The van der Waals surface area contributed by atoms with Gasteiger partial charge in [-0.05, 0) is 36.9 Å². The van der Waals surface area contributed by atoms with Crippen molar-refractivity contribution in [2.75, 3.05) is 24.0 Å². The van der Waals surface area contributed by atoms with Crippen molar-refractivity contribution in [2.45, 2.75) is 24.9 Å². The molecule has 0 fully saturated rings. The molecule has 0 saturated carbocycles. The van der Waals surface area contributed by atoms with Crippen LogP contribution in [-0.2, 0) is 9.59 Å². The van der Waals surface area contributed by atoms with Gasteiger partial charge < -0.3 is 21.7 Å². The molecule has 0 aliphatic carbocycles. The van der Waals surface area contributed by atoms with Gasteiger partial charge in [0.15, 0.2) is 0 Å². The van der Waals surface area contributed by atoms with Crippen LogP contribution in [0.1, 0.15) is 12.8 Å². The van der Waals surface area contributed by atoms with Gasteiger partial charge in [-0.2, -0.15) is 23.5 Å². The quantitative estimate of drug-likeness (QED) is 0.504. The molecule has 0 heterocycles. The van der Waals surface area contributed by atoms with Crippen molar-refractivity contribution in [1.82, 2.24) is 0 Å². The average molecular weight is 298 g/mol. The first-order chi connectivity index (χ1) is 8.36. The van der Waals surface area contributed by atoms with Gasteiger partial charge in [-0.3, -0.25) is 9.59 Å². The number of carboxylic acid groups (broad SMARTS) is 2. The van der Waals surface area contributed by atoms with Gasteiger partial charge >= 0.3 is 11.9 Å². The van der Waals surface area contributed by atoms with E-state index in [4.69, 9.17) is 21.7 Å². The predicted molar refractivity (Wildman–Crippen MR) is 77.2 cm³/mol. The minimum Gasteiger partial charge on any atom is -0.480 e. The van der Waals surface area contributed by atoms with Crippen molar-refractivity contribution in [1.29, 1.82) is 0 Å². The van der Waals surface area contributed by atoms with Crippen LogP contribution in [0.15, 0.2) is 0 Å². The Morgan fingerprint density at radius 2 is 1.22 bits per heavy atom. The number of hydrogen-bond acceptors (Lipinski definition) is 6. The van der Waals surface area contributed by atoms with Crippen LogP contribution >= 0.6 is 23.5 Å². The molecule has 6 N–H and O–H groups in total. The molecule has 6 nitrogen and oxygen atoms in total. The van der Waals surface area contributed by atoms with Crippen LogP contribution in [-0.4, -0.2) is 58.3 Å². The number of rotatable bonds is 8. The number of carboxylic acids is 2. The summed E-state index contributed by atoms with van der Waals surface area (Å²) in [6.07, 6.45) is 4.95. The van der Waals surface area contributed by atoms with Gasteiger partial charge in [0, 0.05) is 0 Å². The van der Waals surface area contributed by atoms with Crippen molar-refractivity contribution >= 4 is 35.5 Å². The monoisotopic (exact) mass is 298 g/mol. The maximum absolute atomic E-state index is 10.1. The fraction of sp³-hybridized carbons (Fsp3) is 0.800. The summed E-state index contributed by atoms with van der Waals surface area (Å²) in [5, 5.41) is 16.5. The van der Waals surface area contributed by atoms with Gasteiger partial charge in [-0.1, -0.05) is 0 Å². The van der Waals surface area contributed by atoms with Gasteiger partial charge in [0.25, 0.3) is 0 Å². The Bertz CT molecular complexity index is 218. The van der Waals surface area contributed by atoms with Crippen molar-refractivity contribution in [3.8, 4) is 0 Å². The molecule has 2 atom stereocenters. The molecular formula is C10H22N2O4S2. The van der Waals surface area contributed by atoms with Crippen molar-refractivity contribution in [2.24, 2.45) is 11.5 Å². The molecule has 18 heavy (non-hydrogen) atoms. The highest BCUT2D eigenvalue weighted by atomic mass is 32.2. The third kappa shape index (κ3) is 13.6. The summed E-state index contributed by atoms with van der Waals surface area (Å²) in [5.41, 5.74) is 10.4. The van der Waals surface area contributed by atoms with Gasteiger partial charge in [0.05, 0.1) is 0 Å². The first-order valence-corrected chi connectivity index (χ1v) is 8.10. The van der Waals surface area contributed by atoms with Crippen LogP contribution in [0.3, 0.4) is 0 Å². The number of hydrogen-bond donors (Lipinski definition) is 4. The zero-order valence-corrected chi connectivity index (χ0v) is 12.3. The van der Waals surface area contributed by atoms with Crippen LogP contribution in [0.4, 0.5) is 0 Å². The smallest absolute Gasteiger partial charge is 0.320 e. The molecule has 0 saturated heterocycles. The molecular weight excluding hydrogens is 276 g/mol. The van der Waals surface area contributed by atoms with Crippen molar-refractivity contribution in [3.63, 3.8) is 0 Å². The van der Waals surface area contributed by atoms with Gasteiger partial charge in [-0.25, -0.2) is 0 Å². The first-order valence-electron chi connectivity index (χ1n) is 5.31. The Balaban J connectivity index is 0. The minimum absolute atomic E-state index is 0.552. The molecule has 8 heteroatoms. The second kappa shape index (κ2) is 13.0. The molecule has 0 aliphatic heterocycles. The van der Waals surface area contributed by atoms with E-state index in [0.29, 0.717) is 12.8 Å². The lowest BCUT2D eigenvalue weighted by atomic mass is 10.2. The van der Waals surface area contributed by atoms with E-state index in [2.05, 4.69) is 0 Å². The fourth-order valence-corrected chi connectivity index (χ4v) is 1.72. The molecule has 0 amide bonds. The molecule has 0 unspecified atom stereocenters. The lowest BCUT2D eigenvalue weighted by molar-refractivity contribution is -0.139. The van der Waals surface area contributed by atoms with E-state index < -0.39 is 24.0 Å². The van der Waals surface area contributed by atoms with E-state index in [9.17, 15) is 9.59 Å². The van der Waals surface area contributed by atoms with Gasteiger partial charge in [-0.15, -0.1) is 0 Å². The Hall–Kier alpha value is -0.440. The predicted octanol–water partition coefficient (Wildman–Crippen LogP) is 0.303. The first kappa shape index (κ1) is 19.9. The Morgan fingerprint density at radius 3 is 1.39 bits per heavy atom. The SMILES string of the molecule is CSCC[C@@H](N)C(=O)O.CSCC[C@@H](N)C(=O)O. The summed E-state index contributed by atoms with van der Waals surface area (Å²) in [4.78, 5) is 20.1. The van der Waals surface area contributed by atoms with E-state index in [1.165, 1.54) is 0 Å². The van der Waals surface area contributed by atoms with Crippen molar-refractivity contribution in [3.05, 3.63) is 0 Å². The highest BCUT2D eigenvalue weighted by molar-refractivity contribution is 7.98. The van der Waals surface area contributed by atoms with E-state index >= 15 is 0 Å². The number of nitrogens with two attached hydrogens (primary N) is 2. The Kier molecular flexibility index (Phi) is 14.4. The molecule has 0 aromatic rings. The molecule has 0 radical (unpaired) electrons. The lowest BCUT2D eigenvalue weighted by Crippen LogP contribution is -2.30. The second-order valence-corrected chi connectivity index (χ2v) is 5.42. The topological polar surface area (TPSA) is 127 Å². The zero-order valence-electron chi connectivity index (χ0n) is 10.7. The summed E-state index contributed by atoms with van der Waals surface area (Å²) in [6, 6.07) is -1.37. The Morgan fingerprint density at radius 1 is 0.944 bits per heavy atom. The normalized spacial score (nSPS) is 13.1. The minimum atomic E-state index is -0.913. The largest absolute Gasteiger partial charge is 0.480 e. The highest BCUT2D eigenvalue weighted by Gasteiger charge is 2.09.